The lowest BCUT2D eigenvalue weighted by molar-refractivity contribution is -0.396. The smallest absolute Gasteiger partial charge is 0.187 e. The Morgan fingerprint density at radius 3 is 1.00 bits per heavy atom. The van der Waals surface area contributed by atoms with Gasteiger partial charge in [-0.25, -0.2) is 0 Å². The van der Waals surface area contributed by atoms with Crippen LogP contribution < -0.4 is 0 Å². The Balaban J connectivity index is 0.943. The van der Waals surface area contributed by atoms with Crippen molar-refractivity contribution in [1.82, 2.24) is 0 Å². The molecule has 0 spiro atoms. The average molecular weight is 1250 g/mol. The highest BCUT2D eigenvalue weighted by atomic mass is 16.8. The molecule has 20 atom stereocenters. The zero-order valence-corrected chi connectivity index (χ0v) is 52.5. The summed E-state index contributed by atoms with van der Waals surface area (Å²) >= 11 is 0. The van der Waals surface area contributed by atoms with Crippen LogP contribution in [0.5, 0.6) is 0 Å². The highest BCUT2D eigenvalue weighted by Crippen LogP contribution is 2.40. The monoisotopic (exact) mass is 1240 g/mol. The van der Waals surface area contributed by atoms with Crippen molar-refractivity contribution in [3.63, 3.8) is 0 Å². The van der Waals surface area contributed by atoms with Crippen LogP contribution in [0.25, 0.3) is 0 Å². The zero-order chi connectivity index (χ0) is 62.9. The van der Waals surface area contributed by atoms with Crippen LogP contribution in [0.15, 0.2) is 212 Å². The van der Waals surface area contributed by atoms with E-state index in [0.29, 0.717) is 6.61 Å². The molecule has 8 unspecified atom stereocenters. The topological polar surface area (TPSA) is 170 Å². The lowest BCUT2D eigenvalue weighted by atomic mass is 9.91. The van der Waals surface area contributed by atoms with Crippen molar-refractivity contribution in [3.8, 4) is 0 Å². The number of ether oxygens (including phenoxy) is 14. The number of hydrogen-bond acceptors (Lipinski definition) is 16. The quantitative estimate of drug-likeness (QED) is 0.0474. The standard InChI is InChI=1S/C75H88O16/c1-49-64(79-42-55-29-15-7-16-30-55)68(83-46-59-37-23-11-24-38-59)61(48-78-41-54-27-13-6-14-28-54)88-73(49)89-70-63(77)74(86-52(4)66(70)81-44-57-33-19-9-20-34-57)91-72-71(84-47-60-39-25-12-26-40-60)67(82-45-58-35-21-10-22-36-58)53(5)87-75(72)90-69-62(76)50(2)85-51(3)65(69)80-43-56-31-17-8-18-32-56/h6-40,49-53,61-77H,41-48H2,1-5H3/t49?,50-,51?,52?,53?,61-,62?,63?,64?,65-,66-,67-,68-,69+,70+,71-,72?,73+,74-,75-/m0/s1. The lowest BCUT2D eigenvalue weighted by Gasteiger charge is -2.51. The molecule has 4 heterocycles. The van der Waals surface area contributed by atoms with Crippen LogP contribution in [0.2, 0.25) is 0 Å². The Morgan fingerprint density at radius 1 is 0.275 bits per heavy atom. The molecule has 4 fully saturated rings. The molecule has 91 heavy (non-hydrogen) atoms. The molecule has 0 aliphatic carbocycles. The van der Waals surface area contributed by atoms with Crippen LogP contribution in [0.1, 0.15) is 73.6 Å². The van der Waals surface area contributed by atoms with E-state index in [0.717, 1.165) is 38.9 Å². The third-order valence-electron chi connectivity index (χ3n) is 17.4. The second kappa shape index (κ2) is 33.1. The van der Waals surface area contributed by atoms with Crippen molar-refractivity contribution in [2.75, 3.05) is 6.61 Å². The molecule has 2 N–H and O–H groups in total. The van der Waals surface area contributed by atoms with Crippen molar-refractivity contribution < 1.29 is 76.5 Å². The van der Waals surface area contributed by atoms with Gasteiger partial charge in [0.25, 0.3) is 0 Å². The summed E-state index contributed by atoms with van der Waals surface area (Å²) in [6.07, 6.45) is -17.8. The van der Waals surface area contributed by atoms with Gasteiger partial charge in [-0.1, -0.05) is 219 Å². The van der Waals surface area contributed by atoms with Crippen molar-refractivity contribution in [1.29, 1.82) is 0 Å². The molecule has 7 aromatic carbocycles. The SMILES string of the molecule is CC1C(OCc2ccccc2)[C@@H](OCc2ccccc2)[C@H](COCc2ccccc2)O[C@@H]1O[C@@H]1C(O)[C@H](OC2[C@H](O[C@@H]3C(O)[C@H](C)OC(C)[C@@H]3OCc3ccccc3)OC(C)[C@H](OCc3ccccc3)[C@@H]2OCc2ccccc2)OC(C)[C@@H]1OCc1ccccc1. The van der Waals surface area contributed by atoms with E-state index in [4.69, 9.17) is 66.3 Å². The molecule has 484 valence electrons. The molecule has 0 amide bonds. The van der Waals surface area contributed by atoms with E-state index in [2.05, 4.69) is 0 Å². The number of aliphatic hydroxyl groups is 2. The lowest BCUT2D eigenvalue weighted by Crippen LogP contribution is -2.67. The van der Waals surface area contributed by atoms with E-state index in [1.165, 1.54) is 0 Å². The molecule has 4 saturated heterocycles. The third kappa shape index (κ3) is 17.8. The second-order valence-corrected chi connectivity index (χ2v) is 24.2. The zero-order valence-electron chi connectivity index (χ0n) is 52.5. The van der Waals surface area contributed by atoms with Crippen molar-refractivity contribution in [3.05, 3.63) is 251 Å². The number of hydrogen-bond donors (Lipinski definition) is 2. The van der Waals surface area contributed by atoms with Gasteiger partial charge < -0.3 is 76.5 Å². The van der Waals surface area contributed by atoms with E-state index in [9.17, 15) is 10.2 Å². The predicted molar refractivity (Wildman–Crippen MR) is 339 cm³/mol. The fraction of sp³-hybridized carbons (Fsp3) is 0.440. The number of rotatable bonds is 28. The first kappa shape index (κ1) is 66.4. The fourth-order valence-corrected chi connectivity index (χ4v) is 12.5. The molecular weight excluding hydrogens is 1160 g/mol. The van der Waals surface area contributed by atoms with Crippen molar-refractivity contribution >= 4 is 0 Å². The molecule has 11 rings (SSSR count). The summed E-state index contributed by atoms with van der Waals surface area (Å²) in [6.45, 7) is 11.3. The third-order valence-corrected chi connectivity index (χ3v) is 17.4. The molecule has 0 radical (unpaired) electrons. The van der Waals surface area contributed by atoms with E-state index in [-0.39, 0.29) is 46.2 Å². The van der Waals surface area contributed by atoms with Gasteiger partial charge in [0.1, 0.15) is 67.1 Å². The first-order valence-corrected chi connectivity index (χ1v) is 32.0. The Kier molecular flexibility index (Phi) is 24.2. The van der Waals surface area contributed by atoms with Crippen LogP contribution >= 0.6 is 0 Å². The number of aliphatic hydroxyl groups excluding tert-OH is 2. The Bertz CT molecular complexity index is 3160. The summed E-state index contributed by atoms with van der Waals surface area (Å²) in [5, 5.41) is 25.5. The van der Waals surface area contributed by atoms with Gasteiger partial charge in [0, 0.05) is 5.92 Å². The van der Waals surface area contributed by atoms with Crippen LogP contribution in [0, 0.1) is 5.92 Å². The van der Waals surface area contributed by atoms with E-state index in [1.54, 1.807) is 6.92 Å². The van der Waals surface area contributed by atoms with Gasteiger partial charge in [0.15, 0.2) is 18.9 Å². The minimum absolute atomic E-state index is 0.120. The maximum Gasteiger partial charge on any atom is 0.187 e. The van der Waals surface area contributed by atoms with Gasteiger partial charge in [0.05, 0.1) is 83.4 Å². The molecule has 0 aromatic heterocycles. The molecule has 0 saturated carbocycles. The van der Waals surface area contributed by atoms with Gasteiger partial charge in [-0.05, 0) is 66.6 Å². The molecule has 16 nitrogen and oxygen atoms in total. The van der Waals surface area contributed by atoms with Crippen LogP contribution in [-0.4, -0.2) is 133 Å². The Labute approximate surface area is 535 Å². The van der Waals surface area contributed by atoms with Crippen LogP contribution in [0.3, 0.4) is 0 Å². The van der Waals surface area contributed by atoms with Crippen molar-refractivity contribution in [2.45, 2.75) is 197 Å². The summed E-state index contributed by atoms with van der Waals surface area (Å²) in [7, 11) is 0. The van der Waals surface area contributed by atoms with Gasteiger partial charge >= 0.3 is 0 Å². The number of benzene rings is 7. The molecule has 7 aromatic rings. The second-order valence-electron chi connectivity index (χ2n) is 24.2. The fourth-order valence-electron chi connectivity index (χ4n) is 12.5. The van der Waals surface area contributed by atoms with Gasteiger partial charge in [-0.2, -0.15) is 0 Å². The van der Waals surface area contributed by atoms with E-state index in [1.807, 2.05) is 240 Å². The van der Waals surface area contributed by atoms with E-state index >= 15 is 0 Å². The largest absolute Gasteiger partial charge is 0.388 e. The summed E-state index contributed by atoms with van der Waals surface area (Å²) in [5.41, 5.74) is 6.64. The summed E-state index contributed by atoms with van der Waals surface area (Å²) in [4.78, 5) is 0. The first-order valence-electron chi connectivity index (χ1n) is 32.0. The normalized spacial score (nSPS) is 31.9. The van der Waals surface area contributed by atoms with Crippen molar-refractivity contribution in [2.24, 2.45) is 5.92 Å². The van der Waals surface area contributed by atoms with E-state index < -0.39 is 122 Å². The first-order chi connectivity index (χ1) is 44.5. The van der Waals surface area contributed by atoms with Crippen LogP contribution in [-0.2, 0) is 113 Å². The van der Waals surface area contributed by atoms with Gasteiger partial charge in [-0.3, -0.25) is 0 Å². The minimum atomic E-state index is -1.56. The van der Waals surface area contributed by atoms with Crippen LogP contribution in [0.4, 0.5) is 0 Å². The molecule has 16 heteroatoms. The summed E-state index contributed by atoms with van der Waals surface area (Å²) in [6, 6.07) is 69.3. The maximum atomic E-state index is 13.4. The Hall–Kier alpha value is -6.10. The van der Waals surface area contributed by atoms with Gasteiger partial charge in [0.2, 0.25) is 0 Å². The highest BCUT2D eigenvalue weighted by Gasteiger charge is 2.56. The minimum Gasteiger partial charge on any atom is -0.388 e. The summed E-state index contributed by atoms with van der Waals surface area (Å²) < 4.78 is 96.9. The molecule has 4 aliphatic heterocycles. The van der Waals surface area contributed by atoms with Gasteiger partial charge in [-0.15, -0.1) is 0 Å². The molecule has 4 aliphatic rings. The molecular formula is C75H88O16. The maximum absolute atomic E-state index is 13.4. The summed E-state index contributed by atoms with van der Waals surface area (Å²) in [5.74, 6) is -0.508. The Morgan fingerprint density at radius 2 is 0.582 bits per heavy atom. The molecule has 0 bridgehead atoms. The average Bonchev–Trinajstić information content (AvgIpc) is 0.839. The highest BCUT2D eigenvalue weighted by molar-refractivity contribution is 5.19. The predicted octanol–water partition coefficient (Wildman–Crippen LogP) is 11.3.